The quantitative estimate of drug-likeness (QED) is 0.0674. The molecule has 0 fully saturated rings. The van der Waals surface area contributed by atoms with Crippen LogP contribution in [0.5, 0.6) is 0 Å². The van der Waals surface area contributed by atoms with Crippen molar-refractivity contribution in [3.05, 3.63) is 196 Å². The molecule has 77 heavy (non-hydrogen) atoms. The van der Waals surface area contributed by atoms with Crippen LogP contribution in [0.1, 0.15) is 54.9 Å². The van der Waals surface area contributed by atoms with Crippen LogP contribution in [0.25, 0.3) is 10.8 Å². The van der Waals surface area contributed by atoms with E-state index in [0.717, 1.165) is 5.39 Å². The lowest BCUT2D eigenvalue weighted by molar-refractivity contribution is -0.683. The Morgan fingerprint density at radius 2 is 0.610 bits per heavy atom. The monoisotopic (exact) mass is 1130 g/mol. The van der Waals surface area contributed by atoms with E-state index in [1.54, 1.807) is 35.0 Å². The van der Waals surface area contributed by atoms with Gasteiger partial charge in [-0.15, -0.1) is 0 Å². The molecule has 0 bridgehead atoms. The van der Waals surface area contributed by atoms with E-state index in [9.17, 15) is 115 Å². The molecule has 28 heteroatoms. The number of halogens is 25. The molecule has 0 aliphatic carbocycles. The van der Waals surface area contributed by atoms with Crippen molar-refractivity contribution >= 4 is 44.6 Å². The first-order valence-electron chi connectivity index (χ1n) is 21.0. The lowest BCUT2D eigenvalue weighted by Crippen LogP contribution is -2.75. The Labute approximate surface area is 414 Å². The molecule has 410 valence electrons. The van der Waals surface area contributed by atoms with Crippen LogP contribution in [-0.4, -0.2) is 11.9 Å². The molecule has 0 amide bonds. The summed E-state index contributed by atoms with van der Waals surface area (Å²) in [6.45, 7) is 0.131. The highest BCUT2D eigenvalue weighted by Crippen LogP contribution is 2.41. The largest absolute Gasteiger partial charge is 0.416 e. The van der Waals surface area contributed by atoms with E-state index < -0.39 is 195 Å². The molecule has 0 saturated heterocycles. The van der Waals surface area contributed by atoms with Gasteiger partial charge in [0.05, 0.1) is 44.5 Å². The van der Waals surface area contributed by atoms with E-state index in [4.69, 9.17) is 0 Å². The number of hydrogen-bond donors (Lipinski definition) is 0. The van der Waals surface area contributed by atoms with E-state index in [1.165, 1.54) is 6.20 Å². The van der Waals surface area contributed by atoms with Crippen LogP contribution in [0.2, 0.25) is 0 Å². The fraction of sp³-hybridized carbons (Fsp3) is 0.184. The number of nitrogens with zero attached hydrogens (tertiary/aromatic N) is 1. The Balaban J connectivity index is 0.000000397. The summed E-state index contributed by atoms with van der Waals surface area (Å²) in [6.07, 6.45) is -51.7. The number of fused-ring (bicyclic) bond motifs is 1. The maximum absolute atomic E-state index is 14.2. The molecule has 0 N–H and O–H groups in total. The average molecular weight is 1130 g/mol. The topological polar surface area (TPSA) is 20.9 Å². The summed E-state index contributed by atoms with van der Waals surface area (Å²) in [5.41, 5.74) is -29.6. The number of aromatic nitrogens is 1. The summed E-state index contributed by atoms with van der Waals surface area (Å²) in [4.78, 5) is 12.1. The van der Waals surface area contributed by atoms with Gasteiger partial charge in [0.15, 0.2) is 12.0 Å². The van der Waals surface area contributed by atoms with Crippen molar-refractivity contribution in [2.24, 2.45) is 0 Å². The number of Topliss-reactive ketones (excluding diaryl/α,β-unsaturated/α-hetero) is 1. The number of ketones is 1. The molecule has 0 atom stereocenters. The van der Waals surface area contributed by atoms with Gasteiger partial charge in [0.2, 0.25) is 18.5 Å². The third-order valence-corrected chi connectivity index (χ3v) is 11.7. The van der Waals surface area contributed by atoms with Crippen LogP contribution in [0, 0.1) is 5.82 Å². The zero-order chi connectivity index (χ0) is 57.9. The molecule has 0 aliphatic rings. The molecule has 0 saturated carbocycles. The third kappa shape index (κ3) is 13.3. The second-order valence-electron chi connectivity index (χ2n) is 16.9. The number of alkyl halides is 24. The fourth-order valence-corrected chi connectivity index (χ4v) is 8.30. The smallest absolute Gasteiger partial charge is 0.287 e. The van der Waals surface area contributed by atoms with Crippen molar-refractivity contribution in [1.29, 1.82) is 0 Å². The number of carbonyl (C=O) groups is 1. The predicted molar refractivity (Wildman–Crippen MR) is 225 cm³/mol. The first-order valence-corrected chi connectivity index (χ1v) is 21.0. The fourth-order valence-electron chi connectivity index (χ4n) is 8.30. The summed E-state index contributed by atoms with van der Waals surface area (Å²) < 4.78 is 356. The van der Waals surface area contributed by atoms with Gasteiger partial charge in [0.1, 0.15) is 6.15 Å². The predicted octanol–water partition coefficient (Wildman–Crippen LogP) is 14.4. The van der Waals surface area contributed by atoms with Crippen molar-refractivity contribution < 1.29 is 119 Å². The molecule has 0 aliphatic heterocycles. The number of rotatable bonds is 7. The van der Waals surface area contributed by atoms with Crippen molar-refractivity contribution in [1.82, 2.24) is 0 Å². The maximum Gasteiger partial charge on any atom is 0.416 e. The van der Waals surface area contributed by atoms with Gasteiger partial charge in [-0.2, -0.15) is 136 Å². The highest BCUT2D eigenvalue weighted by Gasteiger charge is 2.47. The third-order valence-electron chi connectivity index (χ3n) is 11.7. The Kier molecular flexibility index (Phi) is 15.5. The number of hydrogen-bond acceptors (Lipinski definition) is 1. The summed E-state index contributed by atoms with van der Waals surface area (Å²) in [5.74, 6) is -0.353. The minimum atomic E-state index is -6.13. The van der Waals surface area contributed by atoms with E-state index >= 15 is 0 Å². The Morgan fingerprint density at radius 1 is 0.351 bits per heavy atom. The Hall–Kier alpha value is -7.29. The van der Waals surface area contributed by atoms with Crippen LogP contribution < -0.4 is 26.4 Å². The summed E-state index contributed by atoms with van der Waals surface area (Å²) >= 11 is 0. The van der Waals surface area contributed by atoms with Crippen LogP contribution in [-0.2, 0) is 56.0 Å². The lowest BCUT2D eigenvalue weighted by atomic mass is 9.12. The maximum atomic E-state index is 14.2. The molecule has 7 aromatic rings. The molecular formula is C49H25BF25NO. The van der Waals surface area contributed by atoms with Crippen LogP contribution in [0.4, 0.5) is 110 Å². The van der Waals surface area contributed by atoms with Gasteiger partial charge in [-0.05, 0) is 30.3 Å². The number of pyridine rings is 1. The zero-order valence-corrected chi connectivity index (χ0v) is 37.4. The minimum absolute atomic E-state index is 0.0368. The average Bonchev–Trinajstić information content (AvgIpc) is 3.30. The lowest BCUT2D eigenvalue weighted by Gasteiger charge is -2.46. The van der Waals surface area contributed by atoms with Gasteiger partial charge in [-0.3, -0.25) is 4.79 Å². The van der Waals surface area contributed by atoms with Crippen LogP contribution >= 0.6 is 0 Å². The zero-order valence-electron chi connectivity index (χ0n) is 37.4. The van der Waals surface area contributed by atoms with Gasteiger partial charge in [0.25, 0.3) is 0 Å². The minimum Gasteiger partial charge on any atom is -0.287 e. The summed E-state index contributed by atoms with van der Waals surface area (Å²) in [5, 5.41) is 1.35. The van der Waals surface area contributed by atoms with Gasteiger partial charge in [-0.1, -0.05) is 97.1 Å². The standard InChI is InChI=1S/C32H12BF24.C17H13FNO/c34-25(35,36)13-1-14(26(37,38)39)6-21(5-13)33(22-7-15(27(40,41)42)2-16(8-22)28(43,44)45,23-9-17(29(46,47)48)3-18(10-23)30(49,50)51)24-11-19(31(52,53)54)4-20(12-24)32(55,56)57;18-16-11-19(10-14-8-4-5-9-15(14)16)12-17(20)13-6-2-1-3-7-13/h1-12H;1-11H,12H2/q-1;+1. The molecular weight excluding hydrogens is 1100 g/mol. The Morgan fingerprint density at radius 3 is 0.883 bits per heavy atom. The van der Waals surface area contributed by atoms with Crippen molar-refractivity contribution in [2.75, 3.05) is 0 Å². The van der Waals surface area contributed by atoms with E-state index in [2.05, 4.69) is 0 Å². The highest BCUT2D eigenvalue weighted by molar-refractivity contribution is 7.20. The molecule has 0 spiro atoms. The van der Waals surface area contributed by atoms with E-state index in [-0.39, 0.29) is 18.1 Å². The molecule has 2 nitrogen and oxygen atoms in total. The number of benzene rings is 6. The second-order valence-corrected chi connectivity index (χ2v) is 16.9. The van der Waals surface area contributed by atoms with Gasteiger partial charge < -0.3 is 0 Å². The molecule has 0 radical (unpaired) electrons. The highest BCUT2D eigenvalue weighted by atomic mass is 19.4. The SMILES string of the molecule is FC(F)(F)c1cc([B-](c2cc(C(F)(F)F)cc(C(F)(F)F)c2)(c2cc(C(F)(F)F)cc(C(F)(F)F)c2)c2cc(C(F)(F)F)cc(C(F)(F)F)c2)cc(C(F)(F)F)c1.O=C(C[n+]1cc(F)c2ccccc2c1)c1ccccc1. The second kappa shape index (κ2) is 20.3. The molecule has 6 aromatic carbocycles. The van der Waals surface area contributed by atoms with Crippen LogP contribution in [0.3, 0.4) is 0 Å². The van der Waals surface area contributed by atoms with Crippen molar-refractivity contribution in [3.8, 4) is 0 Å². The van der Waals surface area contributed by atoms with Gasteiger partial charge >= 0.3 is 49.4 Å². The van der Waals surface area contributed by atoms with Crippen LogP contribution in [0.15, 0.2) is 140 Å². The Bertz CT molecular complexity index is 2870. The van der Waals surface area contributed by atoms with Gasteiger partial charge in [-0.25, -0.2) is 0 Å². The van der Waals surface area contributed by atoms with Crippen molar-refractivity contribution in [3.63, 3.8) is 0 Å². The number of carbonyl (C=O) groups excluding carboxylic acids is 1. The van der Waals surface area contributed by atoms with Gasteiger partial charge in [0, 0.05) is 16.3 Å². The van der Waals surface area contributed by atoms with E-state index in [1.807, 2.05) is 30.3 Å². The molecule has 1 heterocycles. The summed E-state index contributed by atoms with van der Waals surface area (Å²) in [6, 6.07) is 7.43. The molecule has 7 rings (SSSR count). The first kappa shape index (κ1) is 59.0. The summed E-state index contributed by atoms with van der Waals surface area (Å²) in [7, 11) is 0. The normalized spacial score (nSPS) is 13.4. The van der Waals surface area contributed by atoms with Crippen molar-refractivity contribution in [2.45, 2.75) is 56.0 Å². The van der Waals surface area contributed by atoms with E-state index in [0.29, 0.717) is 10.9 Å². The first-order chi connectivity index (χ1) is 35.0. The molecule has 0 unspecified atom stereocenters. The molecule has 1 aromatic heterocycles.